The zero-order valence-corrected chi connectivity index (χ0v) is 16.0. The van der Waals surface area contributed by atoms with Crippen molar-refractivity contribution in [1.29, 1.82) is 0 Å². The SMILES string of the molecule is O=C(CSc1nnnn1-c1ccc(O)cc1)N1CCN(c2ccccc2)CC1. The highest BCUT2D eigenvalue weighted by atomic mass is 32.2. The lowest BCUT2D eigenvalue weighted by Crippen LogP contribution is -2.49. The van der Waals surface area contributed by atoms with E-state index in [9.17, 15) is 9.90 Å². The molecule has 0 radical (unpaired) electrons. The van der Waals surface area contributed by atoms with E-state index >= 15 is 0 Å². The van der Waals surface area contributed by atoms with Gasteiger partial charge < -0.3 is 14.9 Å². The van der Waals surface area contributed by atoms with Crippen molar-refractivity contribution in [3.63, 3.8) is 0 Å². The van der Waals surface area contributed by atoms with Gasteiger partial charge in [-0.3, -0.25) is 4.79 Å². The molecule has 8 nitrogen and oxygen atoms in total. The van der Waals surface area contributed by atoms with Crippen LogP contribution in [0.4, 0.5) is 5.69 Å². The van der Waals surface area contributed by atoms with E-state index in [-0.39, 0.29) is 17.4 Å². The molecule has 0 spiro atoms. The van der Waals surface area contributed by atoms with Crippen molar-refractivity contribution in [2.24, 2.45) is 0 Å². The molecule has 2 heterocycles. The van der Waals surface area contributed by atoms with Gasteiger partial charge in [0.15, 0.2) is 0 Å². The summed E-state index contributed by atoms with van der Waals surface area (Å²) in [5.74, 6) is 0.540. The maximum atomic E-state index is 12.6. The third-order valence-electron chi connectivity index (χ3n) is 4.61. The zero-order valence-electron chi connectivity index (χ0n) is 15.2. The van der Waals surface area contributed by atoms with Gasteiger partial charge in [0.1, 0.15) is 5.75 Å². The Balaban J connectivity index is 1.32. The first kappa shape index (κ1) is 18.3. The molecule has 1 amide bonds. The van der Waals surface area contributed by atoms with E-state index < -0.39 is 0 Å². The number of hydrogen-bond donors (Lipinski definition) is 1. The van der Waals surface area contributed by atoms with Crippen LogP contribution in [-0.4, -0.2) is 68.1 Å². The Hall–Kier alpha value is -3.07. The van der Waals surface area contributed by atoms with Crippen LogP contribution in [0.3, 0.4) is 0 Å². The van der Waals surface area contributed by atoms with Crippen molar-refractivity contribution in [3.8, 4) is 11.4 Å². The van der Waals surface area contributed by atoms with E-state index in [1.807, 2.05) is 23.1 Å². The van der Waals surface area contributed by atoms with E-state index in [4.69, 9.17) is 0 Å². The summed E-state index contributed by atoms with van der Waals surface area (Å²) in [6.07, 6.45) is 0. The minimum atomic E-state index is 0.0815. The lowest BCUT2D eigenvalue weighted by atomic mass is 10.2. The largest absolute Gasteiger partial charge is 0.508 e. The molecule has 3 aromatic rings. The number of aromatic nitrogens is 4. The molecule has 144 valence electrons. The molecule has 0 saturated carbocycles. The van der Waals surface area contributed by atoms with E-state index in [1.165, 1.54) is 17.4 Å². The molecule has 4 rings (SSSR count). The number of anilines is 1. The molecule has 0 unspecified atom stereocenters. The van der Waals surface area contributed by atoms with Crippen LogP contribution in [0.2, 0.25) is 0 Å². The fraction of sp³-hybridized carbons (Fsp3) is 0.263. The Morgan fingerprint density at radius 1 is 0.964 bits per heavy atom. The summed E-state index contributed by atoms with van der Waals surface area (Å²) in [5.41, 5.74) is 1.92. The number of benzene rings is 2. The van der Waals surface area contributed by atoms with Crippen molar-refractivity contribution in [2.45, 2.75) is 5.16 Å². The van der Waals surface area contributed by atoms with Gasteiger partial charge in [-0.15, -0.1) is 5.10 Å². The van der Waals surface area contributed by atoms with Gasteiger partial charge in [-0.1, -0.05) is 30.0 Å². The van der Waals surface area contributed by atoms with Gasteiger partial charge in [0.05, 0.1) is 11.4 Å². The highest BCUT2D eigenvalue weighted by Crippen LogP contribution is 2.21. The summed E-state index contributed by atoms with van der Waals surface area (Å²) in [5, 5.41) is 21.6. The predicted octanol–water partition coefficient (Wildman–Crippen LogP) is 1.81. The minimum Gasteiger partial charge on any atom is -0.508 e. The van der Waals surface area contributed by atoms with Gasteiger partial charge in [0.2, 0.25) is 11.1 Å². The fourth-order valence-corrected chi connectivity index (χ4v) is 3.89. The summed E-state index contributed by atoms with van der Waals surface area (Å²) >= 11 is 1.31. The third kappa shape index (κ3) is 4.09. The smallest absolute Gasteiger partial charge is 0.233 e. The van der Waals surface area contributed by atoms with Gasteiger partial charge >= 0.3 is 0 Å². The van der Waals surface area contributed by atoms with Crippen LogP contribution in [-0.2, 0) is 4.79 Å². The molecule has 1 saturated heterocycles. The molecule has 0 bridgehead atoms. The Bertz CT molecular complexity index is 923. The van der Waals surface area contributed by atoms with Crippen molar-refractivity contribution in [2.75, 3.05) is 36.8 Å². The van der Waals surface area contributed by atoms with Crippen molar-refractivity contribution in [1.82, 2.24) is 25.1 Å². The molecular formula is C19H20N6O2S. The Labute approximate surface area is 166 Å². The average Bonchev–Trinajstić information content (AvgIpc) is 3.22. The number of para-hydroxylation sites is 1. The molecule has 1 aromatic heterocycles. The topological polar surface area (TPSA) is 87.4 Å². The second kappa shape index (κ2) is 8.30. The molecule has 1 aliphatic rings. The molecule has 1 aliphatic heterocycles. The first-order chi connectivity index (χ1) is 13.7. The van der Waals surface area contributed by atoms with Gasteiger partial charge in [0.25, 0.3) is 0 Å². The molecule has 1 fully saturated rings. The van der Waals surface area contributed by atoms with Gasteiger partial charge in [0, 0.05) is 31.9 Å². The van der Waals surface area contributed by atoms with Crippen LogP contribution in [0, 0.1) is 0 Å². The number of tetrazole rings is 1. The van der Waals surface area contributed by atoms with Gasteiger partial charge in [-0.25, -0.2) is 0 Å². The van der Waals surface area contributed by atoms with Gasteiger partial charge in [-0.2, -0.15) is 4.68 Å². The Morgan fingerprint density at radius 2 is 1.68 bits per heavy atom. The van der Waals surface area contributed by atoms with Crippen LogP contribution in [0.1, 0.15) is 0 Å². The summed E-state index contributed by atoms with van der Waals surface area (Å²) in [4.78, 5) is 16.8. The number of thioether (sulfide) groups is 1. The second-order valence-electron chi connectivity index (χ2n) is 6.38. The average molecular weight is 396 g/mol. The summed E-state index contributed by atoms with van der Waals surface area (Å²) < 4.78 is 1.56. The van der Waals surface area contributed by atoms with Gasteiger partial charge in [-0.05, 0) is 46.8 Å². The van der Waals surface area contributed by atoms with E-state index in [1.54, 1.807) is 28.9 Å². The summed E-state index contributed by atoms with van der Waals surface area (Å²) in [7, 11) is 0. The third-order valence-corrected chi connectivity index (χ3v) is 5.52. The fourth-order valence-electron chi connectivity index (χ4n) is 3.10. The monoisotopic (exact) mass is 396 g/mol. The predicted molar refractivity (Wildman–Crippen MR) is 107 cm³/mol. The van der Waals surface area contributed by atoms with Crippen LogP contribution < -0.4 is 4.90 Å². The molecule has 1 N–H and O–H groups in total. The number of nitrogens with zero attached hydrogens (tertiary/aromatic N) is 6. The number of carbonyl (C=O) groups excluding carboxylic acids is 1. The number of aromatic hydroxyl groups is 1. The van der Waals surface area contributed by atoms with Crippen LogP contribution >= 0.6 is 11.8 Å². The van der Waals surface area contributed by atoms with Crippen LogP contribution in [0.25, 0.3) is 5.69 Å². The Kier molecular flexibility index (Phi) is 5.43. The molecule has 2 aromatic carbocycles. The number of phenolic OH excluding ortho intramolecular Hbond substituents is 1. The summed E-state index contributed by atoms with van der Waals surface area (Å²) in [6, 6.07) is 16.8. The highest BCUT2D eigenvalue weighted by molar-refractivity contribution is 7.99. The van der Waals surface area contributed by atoms with Crippen molar-refractivity contribution >= 4 is 23.4 Å². The highest BCUT2D eigenvalue weighted by Gasteiger charge is 2.22. The molecule has 9 heteroatoms. The maximum Gasteiger partial charge on any atom is 0.233 e. The zero-order chi connectivity index (χ0) is 19.3. The lowest BCUT2D eigenvalue weighted by Gasteiger charge is -2.36. The number of hydrogen-bond acceptors (Lipinski definition) is 7. The standard InChI is InChI=1S/C19H20N6O2S/c26-17-8-6-16(7-9-17)25-19(20-21-22-25)28-14-18(27)24-12-10-23(11-13-24)15-4-2-1-3-5-15/h1-9,26H,10-14H2. The minimum absolute atomic E-state index is 0.0815. The lowest BCUT2D eigenvalue weighted by molar-refractivity contribution is -0.128. The molecule has 0 aliphatic carbocycles. The number of carbonyl (C=O) groups is 1. The molecular weight excluding hydrogens is 376 g/mol. The normalized spacial score (nSPS) is 14.3. The maximum absolute atomic E-state index is 12.6. The number of rotatable bonds is 5. The van der Waals surface area contributed by atoms with Crippen LogP contribution in [0.5, 0.6) is 5.75 Å². The Morgan fingerprint density at radius 3 is 2.39 bits per heavy atom. The molecule has 28 heavy (non-hydrogen) atoms. The van der Waals surface area contributed by atoms with Crippen molar-refractivity contribution < 1.29 is 9.90 Å². The van der Waals surface area contributed by atoms with E-state index in [0.29, 0.717) is 18.2 Å². The number of phenols is 1. The number of piperazine rings is 1. The van der Waals surface area contributed by atoms with Crippen molar-refractivity contribution in [3.05, 3.63) is 54.6 Å². The summed E-state index contributed by atoms with van der Waals surface area (Å²) in [6.45, 7) is 3.06. The first-order valence-corrected chi connectivity index (χ1v) is 9.97. The first-order valence-electron chi connectivity index (χ1n) is 8.99. The quantitative estimate of drug-likeness (QED) is 0.658. The second-order valence-corrected chi connectivity index (χ2v) is 7.32. The van der Waals surface area contributed by atoms with Crippen LogP contribution in [0.15, 0.2) is 59.8 Å². The van der Waals surface area contributed by atoms with E-state index in [2.05, 4.69) is 32.6 Å². The molecule has 0 atom stereocenters. The number of amides is 1. The van der Waals surface area contributed by atoms with E-state index in [0.717, 1.165) is 18.8 Å².